The second-order valence-electron chi connectivity index (χ2n) is 6.51. The van der Waals surface area contributed by atoms with E-state index in [0.29, 0.717) is 6.47 Å². The third kappa shape index (κ3) is 8.67. The Hall–Kier alpha value is -1.55. The van der Waals surface area contributed by atoms with Crippen molar-refractivity contribution >= 4 is 14.8 Å². The summed E-state index contributed by atoms with van der Waals surface area (Å²) in [6, 6.07) is 10.4. The van der Waals surface area contributed by atoms with Gasteiger partial charge in [-0.25, -0.2) is 0 Å². The zero-order valence-corrected chi connectivity index (χ0v) is 15.2. The minimum atomic E-state index is -1.61. The maximum absolute atomic E-state index is 10.3. The number of hydrogen-bond donors (Lipinski definition) is 0. The summed E-state index contributed by atoms with van der Waals surface area (Å²) in [5.41, 5.74) is 1.29. The number of carbonyl (C=O) groups excluding carboxylic acids is 1. The van der Waals surface area contributed by atoms with Crippen molar-refractivity contribution in [1.29, 1.82) is 0 Å². The van der Waals surface area contributed by atoms with Gasteiger partial charge in [-0.15, -0.1) is 0 Å². The predicted octanol–water partition coefficient (Wildman–Crippen LogP) is 4.70. The number of rotatable bonds is 10. The largest absolute Gasteiger partial charge is 0.548 e. The Morgan fingerprint density at radius 1 is 1.23 bits per heavy atom. The van der Waals surface area contributed by atoms with Crippen molar-refractivity contribution in [2.75, 3.05) is 0 Å². The van der Waals surface area contributed by atoms with Crippen molar-refractivity contribution in [1.82, 2.24) is 0 Å². The zero-order valence-electron chi connectivity index (χ0n) is 14.2. The molecule has 122 valence electrons. The molecule has 0 N–H and O–H groups in total. The molecule has 0 radical (unpaired) electrons. The van der Waals surface area contributed by atoms with Crippen LogP contribution in [-0.2, 0) is 20.4 Å². The topological polar surface area (TPSA) is 35.5 Å². The average molecular weight is 321 g/mol. The van der Waals surface area contributed by atoms with Crippen LogP contribution in [0.5, 0.6) is 0 Å². The molecule has 0 aliphatic rings. The molecular weight excluding hydrogens is 292 g/mol. The Morgan fingerprint density at radius 2 is 1.91 bits per heavy atom. The smallest absolute Gasteiger partial charge is 0.293 e. The molecular formula is C18H28O3Si. The molecule has 4 heteroatoms. The second-order valence-corrected chi connectivity index (χ2v) is 10.9. The van der Waals surface area contributed by atoms with Crippen molar-refractivity contribution in [3.05, 3.63) is 47.7 Å². The van der Waals surface area contributed by atoms with Crippen LogP contribution in [0.1, 0.15) is 31.7 Å². The Kier molecular flexibility index (Phi) is 7.95. The Morgan fingerprint density at radius 3 is 2.50 bits per heavy atom. The van der Waals surface area contributed by atoms with E-state index >= 15 is 0 Å². The fraction of sp³-hybridized carbons (Fsp3) is 0.500. The van der Waals surface area contributed by atoms with Crippen molar-refractivity contribution in [2.24, 2.45) is 0 Å². The molecule has 0 heterocycles. The minimum absolute atomic E-state index is 0.0280. The molecule has 1 atom stereocenters. The van der Waals surface area contributed by atoms with Gasteiger partial charge in [0, 0.05) is 6.42 Å². The van der Waals surface area contributed by atoms with Crippen LogP contribution in [0.25, 0.3) is 0 Å². The Labute approximate surface area is 135 Å². The number of ether oxygens (including phenoxy) is 1. The number of benzene rings is 1. The van der Waals surface area contributed by atoms with Gasteiger partial charge in [-0.2, -0.15) is 0 Å². The average Bonchev–Trinajstić information content (AvgIpc) is 2.44. The van der Waals surface area contributed by atoms with Gasteiger partial charge in [0.15, 0.2) is 0 Å². The van der Waals surface area contributed by atoms with Crippen LogP contribution in [-0.4, -0.2) is 20.9 Å². The van der Waals surface area contributed by atoms with Gasteiger partial charge in [0.1, 0.15) is 0 Å². The first-order chi connectivity index (χ1) is 10.4. The van der Waals surface area contributed by atoms with E-state index in [4.69, 9.17) is 9.16 Å². The normalized spacial score (nSPS) is 13.5. The number of allylic oxidation sites excluding steroid dienone is 2. The summed E-state index contributed by atoms with van der Waals surface area (Å²) in [6.07, 6.45) is 5.76. The third-order valence-corrected chi connectivity index (χ3v) is 4.04. The van der Waals surface area contributed by atoms with Gasteiger partial charge in [0.05, 0.1) is 11.9 Å². The fourth-order valence-electron chi connectivity index (χ4n) is 2.16. The van der Waals surface area contributed by atoms with Crippen LogP contribution in [0.3, 0.4) is 0 Å². The van der Waals surface area contributed by atoms with E-state index < -0.39 is 8.32 Å². The van der Waals surface area contributed by atoms with Crippen LogP contribution in [0.4, 0.5) is 0 Å². The summed E-state index contributed by atoms with van der Waals surface area (Å²) >= 11 is 0. The Bertz CT molecular complexity index is 463. The van der Waals surface area contributed by atoms with Crippen molar-refractivity contribution in [3.63, 3.8) is 0 Å². The summed E-state index contributed by atoms with van der Waals surface area (Å²) in [4.78, 5) is 10.3. The minimum Gasteiger partial charge on any atom is -0.548 e. The molecule has 0 aliphatic carbocycles. The molecule has 0 aliphatic heterocycles. The molecule has 0 spiro atoms. The van der Waals surface area contributed by atoms with E-state index in [0.717, 1.165) is 31.4 Å². The van der Waals surface area contributed by atoms with E-state index in [1.165, 1.54) is 5.56 Å². The van der Waals surface area contributed by atoms with Gasteiger partial charge in [-0.05, 0) is 57.5 Å². The summed E-state index contributed by atoms with van der Waals surface area (Å²) in [7, 11) is -1.61. The van der Waals surface area contributed by atoms with Crippen molar-refractivity contribution in [3.8, 4) is 0 Å². The van der Waals surface area contributed by atoms with E-state index in [2.05, 4.69) is 50.0 Å². The Balaban J connectivity index is 2.57. The van der Waals surface area contributed by atoms with E-state index in [9.17, 15) is 4.79 Å². The molecule has 22 heavy (non-hydrogen) atoms. The lowest BCUT2D eigenvalue weighted by Gasteiger charge is -2.22. The highest BCUT2D eigenvalue weighted by atomic mass is 28.4. The van der Waals surface area contributed by atoms with Crippen molar-refractivity contribution < 1.29 is 14.0 Å². The number of carbonyl (C=O) groups is 1. The molecule has 1 rings (SSSR count). The first-order valence-corrected chi connectivity index (χ1v) is 11.3. The molecule has 3 nitrogen and oxygen atoms in total. The van der Waals surface area contributed by atoms with E-state index in [1.807, 2.05) is 13.0 Å². The third-order valence-electron chi connectivity index (χ3n) is 3.17. The summed E-state index contributed by atoms with van der Waals surface area (Å²) in [5, 5.41) is 0. The van der Waals surface area contributed by atoms with E-state index in [-0.39, 0.29) is 6.10 Å². The maximum atomic E-state index is 10.3. The zero-order chi connectivity index (χ0) is 16.4. The molecule has 0 fully saturated rings. The summed E-state index contributed by atoms with van der Waals surface area (Å²) in [6.45, 7) is 9.03. The molecule has 0 amide bonds. The molecule has 0 saturated carbocycles. The maximum Gasteiger partial charge on any atom is 0.293 e. The monoisotopic (exact) mass is 320 g/mol. The molecule has 1 aromatic carbocycles. The lowest BCUT2D eigenvalue weighted by atomic mass is 10.1. The van der Waals surface area contributed by atoms with Crippen LogP contribution >= 0.6 is 0 Å². The van der Waals surface area contributed by atoms with E-state index in [1.54, 1.807) is 0 Å². The van der Waals surface area contributed by atoms with Gasteiger partial charge in [0.25, 0.3) is 6.47 Å². The van der Waals surface area contributed by atoms with Gasteiger partial charge in [-0.1, -0.05) is 30.3 Å². The highest BCUT2D eigenvalue weighted by Crippen LogP contribution is 2.18. The van der Waals surface area contributed by atoms with Gasteiger partial charge in [-0.3, -0.25) is 4.79 Å². The fourth-order valence-corrected chi connectivity index (χ4v) is 3.13. The van der Waals surface area contributed by atoms with Crippen LogP contribution in [0.2, 0.25) is 19.6 Å². The van der Waals surface area contributed by atoms with Crippen molar-refractivity contribution in [2.45, 2.75) is 58.4 Å². The SMILES string of the molecule is CC(CCC/C(=C\Cc1ccccc1)O[Si](C)(C)C)OC=O. The molecule has 0 saturated heterocycles. The highest BCUT2D eigenvalue weighted by Gasteiger charge is 2.17. The standard InChI is InChI=1S/C18H28O3Si/c1-16(20-15-19)9-8-12-18(21-22(2,3)4)14-13-17-10-6-5-7-11-17/h5-7,10-11,14-16H,8-9,12-13H2,1-4H3/b18-14+. The van der Waals surface area contributed by atoms with Gasteiger partial charge < -0.3 is 9.16 Å². The predicted molar refractivity (Wildman–Crippen MR) is 93.1 cm³/mol. The van der Waals surface area contributed by atoms with Crippen LogP contribution in [0.15, 0.2) is 42.2 Å². The second kappa shape index (κ2) is 9.46. The number of hydrogen-bond acceptors (Lipinski definition) is 3. The first kappa shape index (κ1) is 18.5. The molecule has 0 aromatic heterocycles. The summed E-state index contributed by atoms with van der Waals surface area (Å²) in [5.74, 6) is 1.07. The molecule has 1 aromatic rings. The molecule has 0 bridgehead atoms. The van der Waals surface area contributed by atoms with Crippen LogP contribution in [0, 0.1) is 0 Å². The molecule has 1 unspecified atom stereocenters. The quantitative estimate of drug-likeness (QED) is 0.356. The highest BCUT2D eigenvalue weighted by molar-refractivity contribution is 6.70. The summed E-state index contributed by atoms with van der Waals surface area (Å²) < 4.78 is 11.1. The van der Waals surface area contributed by atoms with Gasteiger partial charge in [0.2, 0.25) is 8.32 Å². The lowest BCUT2D eigenvalue weighted by Crippen LogP contribution is -2.25. The lowest BCUT2D eigenvalue weighted by molar-refractivity contribution is -0.133. The van der Waals surface area contributed by atoms with Gasteiger partial charge >= 0.3 is 0 Å². The first-order valence-electron chi connectivity index (χ1n) is 7.92. The van der Waals surface area contributed by atoms with Crippen LogP contribution < -0.4 is 0 Å².